The first-order valence-corrected chi connectivity index (χ1v) is 11.8. The lowest BCUT2D eigenvalue weighted by Crippen LogP contribution is -2.37. The van der Waals surface area contributed by atoms with Crippen LogP contribution in [0.25, 0.3) is 0 Å². The number of H-pyrrole nitrogens is 1. The topological polar surface area (TPSA) is 142 Å². The average Bonchev–Trinajstić information content (AvgIpc) is 2.90. The van der Waals surface area contributed by atoms with Crippen LogP contribution in [0.15, 0.2) is 21.9 Å². The highest BCUT2D eigenvalue weighted by molar-refractivity contribution is 7.53. The second kappa shape index (κ2) is 9.27. The molecule has 0 radical (unpaired) electrons. The number of rotatable bonds is 9. The highest BCUT2D eigenvalue weighted by atomic mass is 31.2. The fourth-order valence-corrected chi connectivity index (χ4v) is 6.11. The van der Waals surface area contributed by atoms with Gasteiger partial charge in [-0.1, -0.05) is 20.8 Å². The van der Waals surface area contributed by atoms with Crippen LogP contribution < -0.4 is 11.2 Å². The molecule has 6 atom stereocenters. The van der Waals surface area contributed by atoms with Gasteiger partial charge in [0.25, 0.3) is 5.56 Å². The fourth-order valence-electron chi connectivity index (χ4n) is 4.21. The Morgan fingerprint density at radius 2 is 1.90 bits per heavy atom. The molecule has 1 heterocycles. The van der Waals surface area contributed by atoms with Crippen molar-refractivity contribution in [2.45, 2.75) is 89.3 Å². The van der Waals surface area contributed by atoms with Crippen LogP contribution in [0.4, 0.5) is 0 Å². The van der Waals surface area contributed by atoms with Crippen molar-refractivity contribution in [3.05, 3.63) is 33.1 Å². The Hall–Kier alpha value is -1.25. The second-order valence-electron chi connectivity index (χ2n) is 8.20. The Bertz CT molecular complexity index is 849. The molecule has 1 fully saturated rings. The van der Waals surface area contributed by atoms with Crippen molar-refractivity contribution >= 4 is 7.60 Å². The summed E-state index contributed by atoms with van der Waals surface area (Å²) in [5.74, 6) is -0.444. The maximum absolute atomic E-state index is 12.8. The minimum atomic E-state index is -3.86. The molecule has 9 nitrogen and oxygen atoms in total. The Labute approximate surface area is 170 Å². The molecule has 29 heavy (non-hydrogen) atoms. The van der Waals surface area contributed by atoms with Crippen LogP contribution in [0, 0.1) is 5.92 Å². The van der Waals surface area contributed by atoms with Crippen LogP contribution in [-0.4, -0.2) is 48.1 Å². The van der Waals surface area contributed by atoms with Crippen molar-refractivity contribution in [3.8, 4) is 0 Å². The quantitative estimate of drug-likeness (QED) is 0.436. The van der Waals surface area contributed by atoms with Crippen molar-refractivity contribution < 1.29 is 24.2 Å². The molecule has 0 amide bonds. The van der Waals surface area contributed by atoms with Crippen molar-refractivity contribution in [1.29, 1.82) is 0 Å². The molecule has 2 rings (SSSR count). The lowest BCUT2D eigenvalue weighted by atomic mass is 9.87. The Morgan fingerprint density at radius 1 is 1.28 bits per heavy atom. The molecule has 3 unspecified atom stereocenters. The summed E-state index contributed by atoms with van der Waals surface area (Å²) in [7, 11) is -3.86. The van der Waals surface area contributed by atoms with Crippen LogP contribution in [-0.2, 0) is 9.09 Å². The molecule has 1 saturated carbocycles. The summed E-state index contributed by atoms with van der Waals surface area (Å²) in [5.41, 5.74) is -2.62. The lowest BCUT2D eigenvalue weighted by molar-refractivity contribution is -0.0199. The summed E-state index contributed by atoms with van der Waals surface area (Å²) in [5, 5.41) is 21.1. The summed E-state index contributed by atoms with van der Waals surface area (Å²) in [6.45, 7) is 7.26. The van der Waals surface area contributed by atoms with Crippen molar-refractivity contribution in [2.75, 3.05) is 0 Å². The highest BCUT2D eigenvalue weighted by Gasteiger charge is 2.47. The van der Waals surface area contributed by atoms with Gasteiger partial charge in [-0.25, -0.2) is 4.79 Å². The molecule has 4 N–H and O–H groups in total. The minimum Gasteiger partial charge on any atom is -0.390 e. The molecule has 0 aromatic carbocycles. The number of aliphatic hydroxyl groups excluding tert-OH is 2. The summed E-state index contributed by atoms with van der Waals surface area (Å²) in [6.07, 6.45) is 0.978. The lowest BCUT2D eigenvalue weighted by Gasteiger charge is -2.35. The monoisotopic (exact) mass is 432 g/mol. The smallest absolute Gasteiger partial charge is 0.331 e. The van der Waals surface area contributed by atoms with Gasteiger partial charge in [0.2, 0.25) is 0 Å². The van der Waals surface area contributed by atoms with E-state index in [4.69, 9.17) is 4.52 Å². The number of nitrogens with zero attached hydrogens (tertiary/aromatic N) is 1. The molecule has 10 heteroatoms. The summed E-state index contributed by atoms with van der Waals surface area (Å²) < 4.78 is 19.7. The standard InChI is InChI=1S/C19H33N2O7P/c1-5-13(6-2)29(26,27)28-19(4,7-3)11-12-10-14(17(24)16(12)23)21-9-8-15(22)20-18(21)25/h8-9,12-14,16-17,23-24H,5-7,10-11H2,1-4H3,(H,26,27)(H,20,22,25)/t12?,14-,16-,17+,19?/m1/s1. The van der Waals surface area contributed by atoms with E-state index >= 15 is 0 Å². The number of hydrogen-bond acceptors (Lipinski definition) is 6. The van der Waals surface area contributed by atoms with E-state index in [9.17, 15) is 29.3 Å². The van der Waals surface area contributed by atoms with E-state index in [0.29, 0.717) is 19.3 Å². The molecular weight excluding hydrogens is 399 g/mol. The van der Waals surface area contributed by atoms with Gasteiger partial charge in [0.05, 0.1) is 23.4 Å². The van der Waals surface area contributed by atoms with Gasteiger partial charge in [-0.15, -0.1) is 0 Å². The molecule has 0 spiro atoms. The number of aromatic nitrogens is 2. The Morgan fingerprint density at radius 3 is 2.41 bits per heavy atom. The van der Waals surface area contributed by atoms with Crippen molar-refractivity contribution in [2.24, 2.45) is 5.92 Å². The third-order valence-electron chi connectivity index (χ3n) is 6.18. The van der Waals surface area contributed by atoms with Crippen LogP contribution in [0.2, 0.25) is 0 Å². The van der Waals surface area contributed by atoms with Gasteiger partial charge in [0.1, 0.15) is 6.10 Å². The fraction of sp³-hybridized carbons (Fsp3) is 0.789. The van der Waals surface area contributed by atoms with E-state index in [-0.39, 0.29) is 12.8 Å². The minimum absolute atomic E-state index is 0.251. The van der Waals surface area contributed by atoms with Crippen LogP contribution in [0.3, 0.4) is 0 Å². The maximum atomic E-state index is 12.8. The molecule has 1 aliphatic carbocycles. The third kappa shape index (κ3) is 5.27. The van der Waals surface area contributed by atoms with Crippen LogP contribution in [0.5, 0.6) is 0 Å². The molecule has 0 aliphatic heterocycles. The van der Waals surface area contributed by atoms with E-state index < -0.39 is 54.3 Å². The normalized spacial score (nSPS) is 29.0. The first-order valence-electron chi connectivity index (χ1n) is 10.2. The first-order chi connectivity index (χ1) is 13.5. The Balaban J connectivity index is 2.22. The second-order valence-corrected chi connectivity index (χ2v) is 10.2. The van der Waals surface area contributed by atoms with Gasteiger partial charge < -0.3 is 19.6 Å². The Kier molecular flexibility index (Phi) is 7.68. The maximum Gasteiger partial charge on any atom is 0.331 e. The largest absolute Gasteiger partial charge is 0.390 e. The molecular formula is C19H33N2O7P. The van der Waals surface area contributed by atoms with Gasteiger partial charge in [0, 0.05) is 12.3 Å². The van der Waals surface area contributed by atoms with Gasteiger partial charge in [-0.2, -0.15) is 0 Å². The zero-order valence-corrected chi connectivity index (χ0v) is 18.3. The van der Waals surface area contributed by atoms with E-state index in [1.54, 1.807) is 6.92 Å². The molecule has 0 bridgehead atoms. The van der Waals surface area contributed by atoms with Crippen molar-refractivity contribution in [3.63, 3.8) is 0 Å². The average molecular weight is 432 g/mol. The van der Waals surface area contributed by atoms with Crippen LogP contribution >= 0.6 is 7.60 Å². The SMILES string of the molecule is CCC(CC)P(=O)(O)OC(C)(CC)CC1C[C@@H](n2ccc(=O)[nH]c2=O)[C@H](O)[C@@H]1O. The molecule has 166 valence electrons. The molecule has 1 aliphatic rings. The number of hydrogen-bond donors (Lipinski definition) is 4. The van der Waals surface area contributed by atoms with Gasteiger partial charge in [-0.05, 0) is 44.9 Å². The zero-order chi connectivity index (χ0) is 22.0. The molecule has 1 aromatic rings. The van der Waals surface area contributed by atoms with E-state index in [2.05, 4.69) is 4.98 Å². The summed E-state index contributed by atoms with van der Waals surface area (Å²) >= 11 is 0. The predicted molar refractivity (Wildman–Crippen MR) is 109 cm³/mol. The number of aromatic amines is 1. The van der Waals surface area contributed by atoms with E-state index in [1.165, 1.54) is 16.8 Å². The van der Waals surface area contributed by atoms with Gasteiger partial charge >= 0.3 is 13.3 Å². The predicted octanol–water partition coefficient (Wildman–Crippen LogP) is 1.77. The number of nitrogens with one attached hydrogen (secondary N) is 1. The third-order valence-corrected chi connectivity index (χ3v) is 8.53. The van der Waals surface area contributed by atoms with Gasteiger partial charge in [-0.3, -0.25) is 18.9 Å². The zero-order valence-electron chi connectivity index (χ0n) is 17.4. The molecule has 1 aromatic heterocycles. The van der Waals surface area contributed by atoms with Crippen molar-refractivity contribution in [1.82, 2.24) is 9.55 Å². The van der Waals surface area contributed by atoms with E-state index in [0.717, 1.165) is 0 Å². The molecule has 0 saturated heterocycles. The highest BCUT2D eigenvalue weighted by Crippen LogP contribution is 2.55. The first kappa shape index (κ1) is 24.0. The van der Waals surface area contributed by atoms with Gasteiger partial charge in [0.15, 0.2) is 0 Å². The van der Waals surface area contributed by atoms with Crippen LogP contribution in [0.1, 0.15) is 65.8 Å². The summed E-state index contributed by atoms with van der Waals surface area (Å²) in [4.78, 5) is 36.0. The van der Waals surface area contributed by atoms with E-state index in [1.807, 2.05) is 20.8 Å². The summed E-state index contributed by atoms with van der Waals surface area (Å²) in [6, 6.07) is 0.477. The number of aliphatic hydroxyl groups is 2.